The summed E-state index contributed by atoms with van der Waals surface area (Å²) in [6, 6.07) is 7.41. The molecular weight excluding hydrogens is 216 g/mol. The fourth-order valence-corrected chi connectivity index (χ4v) is 2.23. The minimum Gasteiger partial charge on any atom is -0.472 e. The van der Waals surface area contributed by atoms with Gasteiger partial charge in [-0.1, -0.05) is 12.1 Å². The summed E-state index contributed by atoms with van der Waals surface area (Å²) in [5, 5.41) is 0. The first kappa shape index (κ1) is 9.96. The van der Waals surface area contributed by atoms with Gasteiger partial charge in [-0.05, 0) is 24.1 Å². The topological polar surface area (TPSA) is 59.5 Å². The third kappa shape index (κ3) is 1.49. The minimum absolute atomic E-state index is 0.0598. The molecule has 86 valence electrons. The van der Waals surface area contributed by atoms with Gasteiger partial charge in [0, 0.05) is 6.54 Å². The van der Waals surface area contributed by atoms with Gasteiger partial charge < -0.3 is 15.1 Å². The molecule has 2 aromatic rings. The predicted molar refractivity (Wildman–Crippen MR) is 64.9 cm³/mol. The Balaban J connectivity index is 2.02. The Bertz CT molecular complexity index is 561. The lowest BCUT2D eigenvalue weighted by Crippen LogP contribution is -2.29. The van der Waals surface area contributed by atoms with Gasteiger partial charge in [0.05, 0.1) is 23.2 Å². The molecule has 3 rings (SSSR count). The third-order valence-corrected chi connectivity index (χ3v) is 3.04. The number of nitrogens with zero attached hydrogens (tertiary/aromatic N) is 1. The molecule has 1 aliphatic heterocycles. The molecule has 0 bridgehead atoms. The van der Waals surface area contributed by atoms with Gasteiger partial charge in [-0.2, -0.15) is 0 Å². The van der Waals surface area contributed by atoms with E-state index in [-0.39, 0.29) is 5.91 Å². The van der Waals surface area contributed by atoms with Crippen LogP contribution in [0.25, 0.3) is 0 Å². The lowest BCUT2D eigenvalue weighted by Gasteiger charge is -2.17. The normalized spacial score (nSPS) is 13.8. The van der Waals surface area contributed by atoms with Crippen molar-refractivity contribution in [1.29, 1.82) is 0 Å². The number of hydrogen-bond donors (Lipinski definition) is 1. The molecule has 0 saturated carbocycles. The van der Waals surface area contributed by atoms with E-state index in [4.69, 9.17) is 10.2 Å². The van der Waals surface area contributed by atoms with Crippen molar-refractivity contribution in [2.24, 2.45) is 0 Å². The van der Waals surface area contributed by atoms with Crippen LogP contribution in [-0.4, -0.2) is 12.5 Å². The van der Waals surface area contributed by atoms with Crippen LogP contribution in [0.1, 0.15) is 15.9 Å². The maximum Gasteiger partial charge on any atom is 0.261 e. The summed E-state index contributed by atoms with van der Waals surface area (Å²) < 4.78 is 4.93. The van der Waals surface area contributed by atoms with Crippen LogP contribution in [0, 0.1) is 0 Å². The Morgan fingerprint density at radius 3 is 3.00 bits per heavy atom. The number of para-hydroxylation sites is 1. The summed E-state index contributed by atoms with van der Waals surface area (Å²) in [7, 11) is 0. The molecule has 0 unspecified atom stereocenters. The molecule has 2 heterocycles. The van der Waals surface area contributed by atoms with E-state index < -0.39 is 0 Å². The summed E-state index contributed by atoms with van der Waals surface area (Å²) >= 11 is 0. The molecule has 17 heavy (non-hydrogen) atoms. The SMILES string of the molecule is Nc1cccc2c1N(C(=O)c1ccoc1)CC2. The molecule has 0 spiro atoms. The number of benzene rings is 1. The second-order valence-corrected chi connectivity index (χ2v) is 4.07. The van der Waals surface area contributed by atoms with Crippen LogP contribution in [0.4, 0.5) is 11.4 Å². The maximum atomic E-state index is 12.2. The first-order chi connectivity index (χ1) is 8.27. The number of hydrogen-bond acceptors (Lipinski definition) is 3. The second kappa shape index (κ2) is 3.66. The summed E-state index contributed by atoms with van der Waals surface area (Å²) in [5.41, 5.74) is 9.12. The predicted octanol–water partition coefficient (Wildman–Crippen LogP) is 2.06. The molecule has 1 amide bonds. The van der Waals surface area contributed by atoms with Gasteiger partial charge in [-0.25, -0.2) is 0 Å². The zero-order valence-electron chi connectivity index (χ0n) is 9.22. The van der Waals surface area contributed by atoms with Crippen LogP contribution in [-0.2, 0) is 6.42 Å². The highest BCUT2D eigenvalue weighted by Crippen LogP contribution is 2.34. The molecule has 0 saturated heterocycles. The Kier molecular flexibility index (Phi) is 2.14. The zero-order chi connectivity index (χ0) is 11.8. The Hall–Kier alpha value is -2.23. The van der Waals surface area contributed by atoms with Gasteiger partial charge in [0.15, 0.2) is 0 Å². The van der Waals surface area contributed by atoms with Gasteiger partial charge in [-0.15, -0.1) is 0 Å². The number of nitrogens with two attached hydrogens (primary N) is 1. The number of rotatable bonds is 1. The molecule has 1 aliphatic rings. The van der Waals surface area contributed by atoms with Gasteiger partial charge in [0.1, 0.15) is 6.26 Å². The number of nitrogen functional groups attached to an aromatic ring is 1. The van der Waals surface area contributed by atoms with Crippen LogP contribution in [0.2, 0.25) is 0 Å². The van der Waals surface area contributed by atoms with E-state index >= 15 is 0 Å². The van der Waals surface area contributed by atoms with Crippen molar-refractivity contribution in [3.8, 4) is 0 Å². The van der Waals surface area contributed by atoms with Crippen molar-refractivity contribution in [1.82, 2.24) is 0 Å². The zero-order valence-corrected chi connectivity index (χ0v) is 9.22. The van der Waals surface area contributed by atoms with Crippen LogP contribution in [0.5, 0.6) is 0 Å². The highest BCUT2D eigenvalue weighted by molar-refractivity contribution is 6.08. The number of carbonyl (C=O) groups excluding carboxylic acids is 1. The average molecular weight is 228 g/mol. The monoisotopic (exact) mass is 228 g/mol. The van der Waals surface area contributed by atoms with Gasteiger partial charge in [-0.3, -0.25) is 4.79 Å². The highest BCUT2D eigenvalue weighted by atomic mass is 16.3. The van der Waals surface area contributed by atoms with E-state index in [2.05, 4.69) is 0 Å². The van der Waals surface area contributed by atoms with Crippen molar-refractivity contribution in [3.63, 3.8) is 0 Å². The third-order valence-electron chi connectivity index (χ3n) is 3.04. The number of furan rings is 1. The Labute approximate surface area is 98.6 Å². The average Bonchev–Trinajstić information content (AvgIpc) is 2.98. The van der Waals surface area contributed by atoms with Crippen LogP contribution in [0.15, 0.2) is 41.2 Å². The summed E-state index contributed by atoms with van der Waals surface area (Å²) in [6.07, 6.45) is 3.81. The summed E-state index contributed by atoms with van der Waals surface area (Å²) in [6.45, 7) is 0.674. The lowest BCUT2D eigenvalue weighted by molar-refractivity contribution is 0.0989. The Morgan fingerprint density at radius 2 is 2.24 bits per heavy atom. The lowest BCUT2D eigenvalue weighted by atomic mass is 10.1. The van der Waals surface area contributed by atoms with Crippen molar-refractivity contribution < 1.29 is 9.21 Å². The largest absolute Gasteiger partial charge is 0.472 e. The van der Waals surface area contributed by atoms with E-state index in [1.165, 1.54) is 12.5 Å². The van der Waals surface area contributed by atoms with Crippen LogP contribution in [0.3, 0.4) is 0 Å². The molecule has 4 nitrogen and oxygen atoms in total. The quantitative estimate of drug-likeness (QED) is 0.760. The highest BCUT2D eigenvalue weighted by Gasteiger charge is 2.27. The number of carbonyl (C=O) groups is 1. The Morgan fingerprint density at radius 1 is 1.35 bits per heavy atom. The van der Waals surface area contributed by atoms with Gasteiger partial charge >= 0.3 is 0 Å². The van der Waals surface area contributed by atoms with Crippen LogP contribution >= 0.6 is 0 Å². The van der Waals surface area contributed by atoms with E-state index in [1.54, 1.807) is 11.0 Å². The first-order valence-electron chi connectivity index (χ1n) is 5.49. The van der Waals surface area contributed by atoms with Crippen molar-refractivity contribution in [2.75, 3.05) is 17.2 Å². The van der Waals surface area contributed by atoms with E-state index in [9.17, 15) is 4.79 Å². The fourth-order valence-electron chi connectivity index (χ4n) is 2.23. The number of amides is 1. The molecule has 0 aliphatic carbocycles. The second-order valence-electron chi connectivity index (χ2n) is 4.07. The standard InChI is InChI=1S/C13H12N2O2/c14-11-3-1-2-9-4-6-15(12(9)11)13(16)10-5-7-17-8-10/h1-3,5,7-8H,4,6,14H2. The number of fused-ring (bicyclic) bond motifs is 1. The van der Waals surface area contributed by atoms with Crippen molar-refractivity contribution in [3.05, 3.63) is 47.9 Å². The van der Waals surface area contributed by atoms with E-state index in [0.717, 1.165) is 17.7 Å². The smallest absolute Gasteiger partial charge is 0.261 e. The molecule has 0 atom stereocenters. The van der Waals surface area contributed by atoms with E-state index in [0.29, 0.717) is 17.8 Å². The summed E-state index contributed by atoms with van der Waals surface area (Å²) in [5.74, 6) is -0.0598. The van der Waals surface area contributed by atoms with Crippen molar-refractivity contribution in [2.45, 2.75) is 6.42 Å². The molecule has 0 radical (unpaired) electrons. The molecule has 2 N–H and O–H groups in total. The first-order valence-corrected chi connectivity index (χ1v) is 5.49. The van der Waals surface area contributed by atoms with Gasteiger partial charge in [0.2, 0.25) is 0 Å². The molecule has 1 aromatic carbocycles. The molecule has 1 aromatic heterocycles. The maximum absolute atomic E-state index is 12.2. The van der Waals surface area contributed by atoms with Gasteiger partial charge in [0.25, 0.3) is 5.91 Å². The number of anilines is 2. The molecule has 4 heteroatoms. The molecular formula is C13H12N2O2. The fraction of sp³-hybridized carbons (Fsp3) is 0.154. The van der Waals surface area contributed by atoms with Crippen molar-refractivity contribution >= 4 is 17.3 Å². The summed E-state index contributed by atoms with van der Waals surface area (Å²) in [4.78, 5) is 14.0. The van der Waals surface area contributed by atoms with Crippen LogP contribution < -0.4 is 10.6 Å². The minimum atomic E-state index is -0.0598. The molecule has 0 fully saturated rings. The van der Waals surface area contributed by atoms with E-state index in [1.807, 2.05) is 18.2 Å².